The smallest absolute Gasteiger partial charge is 0.331 e. The van der Waals surface area contributed by atoms with Crippen molar-refractivity contribution in [3.05, 3.63) is 34.9 Å². The van der Waals surface area contributed by atoms with E-state index in [-0.39, 0.29) is 0 Å². The Balaban J connectivity index is 2.51. The van der Waals surface area contributed by atoms with Crippen LogP contribution in [0.15, 0.2) is 23.8 Å². The number of rotatable bonds is 2. The first-order valence-electron chi connectivity index (χ1n) is 4.82. The molecule has 0 aromatic heterocycles. The van der Waals surface area contributed by atoms with Crippen LogP contribution >= 0.6 is 0 Å². The Morgan fingerprint density at radius 1 is 1.40 bits per heavy atom. The molecule has 0 unspecified atom stereocenters. The van der Waals surface area contributed by atoms with Crippen LogP contribution < -0.4 is 4.74 Å². The zero-order valence-electron chi connectivity index (χ0n) is 8.49. The second kappa shape index (κ2) is 3.77. The lowest BCUT2D eigenvalue weighted by atomic mass is 9.91. The first-order chi connectivity index (χ1) is 7.22. The van der Waals surface area contributed by atoms with Gasteiger partial charge < -0.3 is 9.84 Å². The van der Waals surface area contributed by atoms with Gasteiger partial charge in [0.1, 0.15) is 5.75 Å². The summed E-state index contributed by atoms with van der Waals surface area (Å²) in [5, 5.41) is 8.92. The van der Waals surface area contributed by atoms with Crippen molar-refractivity contribution < 1.29 is 14.6 Å². The zero-order chi connectivity index (χ0) is 10.8. The maximum Gasteiger partial charge on any atom is 0.331 e. The lowest BCUT2D eigenvalue weighted by Gasteiger charge is -2.16. The third kappa shape index (κ3) is 1.73. The minimum absolute atomic E-state index is 0.451. The number of methoxy groups -OCH3 is 1. The number of benzene rings is 1. The van der Waals surface area contributed by atoms with Crippen molar-refractivity contribution in [2.75, 3.05) is 7.11 Å². The summed E-state index contributed by atoms with van der Waals surface area (Å²) < 4.78 is 5.20. The van der Waals surface area contributed by atoms with E-state index in [1.54, 1.807) is 13.2 Å². The number of carboxylic acid groups (broad SMARTS) is 1. The molecule has 0 saturated heterocycles. The van der Waals surface area contributed by atoms with E-state index >= 15 is 0 Å². The second-order valence-corrected chi connectivity index (χ2v) is 3.51. The highest BCUT2D eigenvalue weighted by Crippen LogP contribution is 2.30. The quantitative estimate of drug-likeness (QED) is 0.802. The van der Waals surface area contributed by atoms with Crippen LogP contribution in [-0.4, -0.2) is 18.2 Å². The van der Waals surface area contributed by atoms with E-state index in [0.717, 1.165) is 23.3 Å². The average molecular weight is 204 g/mol. The fraction of sp³-hybridized carbons (Fsp3) is 0.250. The molecule has 0 amide bonds. The molecule has 1 N–H and O–H groups in total. The predicted molar refractivity (Wildman–Crippen MR) is 56.9 cm³/mol. The molecule has 0 bridgehead atoms. The molecule has 3 nitrogen and oxygen atoms in total. The van der Waals surface area contributed by atoms with Gasteiger partial charge in [0.25, 0.3) is 0 Å². The molecule has 1 aromatic carbocycles. The van der Waals surface area contributed by atoms with E-state index in [1.165, 1.54) is 0 Å². The Kier molecular flexibility index (Phi) is 2.46. The number of aryl methyl sites for hydroxylation is 1. The highest BCUT2D eigenvalue weighted by Gasteiger charge is 2.17. The molecule has 78 valence electrons. The van der Waals surface area contributed by atoms with Crippen LogP contribution in [0, 0.1) is 0 Å². The lowest BCUT2D eigenvalue weighted by molar-refractivity contribution is -0.132. The number of hydrogen-bond donors (Lipinski definition) is 1. The second-order valence-electron chi connectivity index (χ2n) is 3.51. The van der Waals surface area contributed by atoms with Gasteiger partial charge in [-0.05, 0) is 30.5 Å². The molecule has 0 atom stereocenters. The predicted octanol–water partition coefficient (Wildman–Crippen LogP) is 2.11. The van der Waals surface area contributed by atoms with Gasteiger partial charge in [0.15, 0.2) is 0 Å². The van der Waals surface area contributed by atoms with Crippen molar-refractivity contribution in [1.82, 2.24) is 0 Å². The summed E-state index contributed by atoms with van der Waals surface area (Å²) in [5.74, 6) is -0.0995. The fourth-order valence-electron chi connectivity index (χ4n) is 1.83. The molecule has 2 rings (SSSR count). The number of ether oxygens (including phenoxy) is 1. The van der Waals surface area contributed by atoms with Gasteiger partial charge in [-0.3, -0.25) is 0 Å². The van der Waals surface area contributed by atoms with E-state index in [4.69, 9.17) is 9.84 Å². The summed E-state index contributed by atoms with van der Waals surface area (Å²) in [6.45, 7) is 0. The van der Waals surface area contributed by atoms with Crippen molar-refractivity contribution >= 4 is 12.0 Å². The van der Waals surface area contributed by atoms with Crippen LogP contribution in [-0.2, 0) is 11.2 Å². The molecule has 0 aliphatic heterocycles. The zero-order valence-corrected chi connectivity index (χ0v) is 8.49. The van der Waals surface area contributed by atoms with Crippen molar-refractivity contribution in [3.63, 3.8) is 0 Å². The lowest BCUT2D eigenvalue weighted by Crippen LogP contribution is -2.08. The Morgan fingerprint density at radius 2 is 2.20 bits per heavy atom. The number of carbonyl (C=O) groups is 1. The Hall–Kier alpha value is -1.77. The van der Waals surface area contributed by atoms with Gasteiger partial charge >= 0.3 is 5.97 Å². The number of carboxylic acids is 1. The minimum atomic E-state index is -0.841. The number of hydrogen-bond acceptors (Lipinski definition) is 2. The summed E-state index contributed by atoms with van der Waals surface area (Å²) in [6, 6.07) is 5.78. The number of fused-ring (bicyclic) bond motifs is 1. The summed E-state index contributed by atoms with van der Waals surface area (Å²) in [4.78, 5) is 10.9. The van der Waals surface area contributed by atoms with Crippen LogP contribution in [0.2, 0.25) is 0 Å². The van der Waals surface area contributed by atoms with Crippen LogP contribution in [0.4, 0.5) is 0 Å². The summed E-state index contributed by atoms with van der Waals surface area (Å²) >= 11 is 0. The largest absolute Gasteiger partial charge is 0.496 e. The molecular formula is C12H12O3. The number of aliphatic carboxylic acids is 1. The van der Waals surface area contributed by atoms with Crippen molar-refractivity contribution in [3.8, 4) is 5.75 Å². The van der Waals surface area contributed by atoms with Crippen LogP contribution in [0.25, 0.3) is 6.08 Å². The van der Waals surface area contributed by atoms with E-state index in [0.29, 0.717) is 12.0 Å². The molecule has 3 heteroatoms. The Labute approximate surface area is 88.0 Å². The highest BCUT2D eigenvalue weighted by atomic mass is 16.5. The third-order valence-corrected chi connectivity index (χ3v) is 2.63. The van der Waals surface area contributed by atoms with E-state index in [9.17, 15) is 4.79 Å². The Bertz CT molecular complexity index is 432. The summed E-state index contributed by atoms with van der Waals surface area (Å²) in [6.07, 6.45) is 3.07. The maximum atomic E-state index is 10.9. The minimum Gasteiger partial charge on any atom is -0.496 e. The normalized spacial score (nSPS) is 14.1. The molecule has 1 aliphatic rings. The van der Waals surface area contributed by atoms with Gasteiger partial charge in [-0.2, -0.15) is 0 Å². The van der Waals surface area contributed by atoms with E-state index in [2.05, 4.69) is 0 Å². The van der Waals surface area contributed by atoms with Crippen LogP contribution in [0.5, 0.6) is 5.75 Å². The van der Waals surface area contributed by atoms with Gasteiger partial charge in [-0.15, -0.1) is 0 Å². The molecule has 1 aromatic rings. The first kappa shape index (κ1) is 9.77. The molecule has 0 radical (unpaired) electrons. The molecular weight excluding hydrogens is 192 g/mol. The Morgan fingerprint density at radius 3 is 2.87 bits per heavy atom. The SMILES string of the molecule is COc1cccc2c1C=C(C(=O)O)CC2. The van der Waals surface area contributed by atoms with E-state index < -0.39 is 5.97 Å². The van der Waals surface area contributed by atoms with Gasteiger partial charge in [0.05, 0.1) is 7.11 Å². The van der Waals surface area contributed by atoms with E-state index in [1.807, 2.05) is 18.2 Å². The first-order valence-corrected chi connectivity index (χ1v) is 4.82. The topological polar surface area (TPSA) is 46.5 Å². The standard InChI is InChI=1S/C12H12O3/c1-15-11-4-2-3-8-5-6-9(12(13)14)7-10(8)11/h2-4,7H,5-6H2,1H3,(H,13,14). The summed E-state index contributed by atoms with van der Waals surface area (Å²) in [5.41, 5.74) is 2.51. The molecule has 15 heavy (non-hydrogen) atoms. The monoisotopic (exact) mass is 204 g/mol. The molecule has 0 fully saturated rings. The van der Waals surface area contributed by atoms with Crippen LogP contribution in [0.3, 0.4) is 0 Å². The highest BCUT2D eigenvalue weighted by molar-refractivity contribution is 5.93. The molecule has 1 aliphatic carbocycles. The third-order valence-electron chi connectivity index (χ3n) is 2.63. The van der Waals surface area contributed by atoms with Crippen molar-refractivity contribution in [2.45, 2.75) is 12.8 Å². The van der Waals surface area contributed by atoms with Gasteiger partial charge in [0, 0.05) is 11.1 Å². The van der Waals surface area contributed by atoms with Crippen molar-refractivity contribution in [2.24, 2.45) is 0 Å². The van der Waals surface area contributed by atoms with Gasteiger partial charge in [0.2, 0.25) is 0 Å². The average Bonchev–Trinajstić information content (AvgIpc) is 2.27. The fourth-order valence-corrected chi connectivity index (χ4v) is 1.83. The van der Waals surface area contributed by atoms with Crippen molar-refractivity contribution in [1.29, 1.82) is 0 Å². The summed E-state index contributed by atoms with van der Waals surface area (Å²) in [7, 11) is 1.60. The molecule has 0 saturated carbocycles. The van der Waals surface area contributed by atoms with Gasteiger partial charge in [-0.25, -0.2) is 4.79 Å². The van der Waals surface area contributed by atoms with Crippen LogP contribution in [0.1, 0.15) is 17.5 Å². The maximum absolute atomic E-state index is 10.9. The van der Waals surface area contributed by atoms with Gasteiger partial charge in [-0.1, -0.05) is 12.1 Å². The molecule has 0 spiro atoms. The molecule has 0 heterocycles.